The van der Waals surface area contributed by atoms with E-state index in [1.54, 1.807) is 17.7 Å². The second-order valence-corrected chi connectivity index (χ2v) is 10.3. The molecule has 1 aliphatic heterocycles. The van der Waals surface area contributed by atoms with E-state index in [4.69, 9.17) is 4.74 Å². The minimum Gasteiger partial charge on any atom is -0.455 e. The molecule has 0 bridgehead atoms. The molecule has 33 heavy (non-hydrogen) atoms. The highest BCUT2D eigenvalue weighted by Gasteiger charge is 2.28. The molecule has 4 aromatic rings. The number of aromatic nitrogens is 1. The molecule has 1 amide bonds. The Labute approximate surface area is 194 Å². The fourth-order valence-corrected chi connectivity index (χ4v) is 6.00. The van der Waals surface area contributed by atoms with Crippen molar-refractivity contribution in [2.24, 2.45) is 0 Å². The molecule has 1 atom stereocenters. The van der Waals surface area contributed by atoms with Gasteiger partial charge in [-0.2, -0.15) is 4.72 Å². The smallest absolute Gasteiger partial charge is 0.261 e. The number of nitrogens with one attached hydrogen (secondary N) is 3. The van der Waals surface area contributed by atoms with Crippen LogP contribution in [0.3, 0.4) is 0 Å². The van der Waals surface area contributed by atoms with E-state index < -0.39 is 22.0 Å². The van der Waals surface area contributed by atoms with Crippen LogP contribution in [0.1, 0.15) is 5.56 Å². The number of benzene rings is 3. The van der Waals surface area contributed by atoms with Crippen molar-refractivity contribution in [1.29, 1.82) is 0 Å². The van der Waals surface area contributed by atoms with Gasteiger partial charge in [0.05, 0.1) is 14.7 Å². The SMILES string of the molecule is O=C(NO)[C@H](Cc1c[nH]c2ccccc12)NS(=O)(=O)c1ccc2c(c1)Sc1ccccc1O2. The van der Waals surface area contributed by atoms with Crippen molar-refractivity contribution in [3.63, 3.8) is 0 Å². The quantitative estimate of drug-likeness (QED) is 0.216. The van der Waals surface area contributed by atoms with Crippen LogP contribution >= 0.6 is 11.8 Å². The van der Waals surface area contributed by atoms with E-state index >= 15 is 0 Å². The minimum absolute atomic E-state index is 0.00797. The molecule has 168 valence electrons. The van der Waals surface area contributed by atoms with Crippen LogP contribution in [0.15, 0.2) is 87.6 Å². The highest BCUT2D eigenvalue weighted by Crippen LogP contribution is 2.47. The van der Waals surface area contributed by atoms with Gasteiger partial charge in [0.25, 0.3) is 5.91 Å². The Kier molecular flexibility index (Phi) is 5.59. The summed E-state index contributed by atoms with van der Waals surface area (Å²) in [5.41, 5.74) is 3.17. The zero-order valence-corrected chi connectivity index (χ0v) is 18.7. The fourth-order valence-electron chi connectivity index (χ4n) is 3.72. The summed E-state index contributed by atoms with van der Waals surface area (Å²) in [5, 5.41) is 10.1. The highest BCUT2D eigenvalue weighted by molar-refractivity contribution is 7.99. The van der Waals surface area contributed by atoms with Gasteiger partial charge in [0.15, 0.2) is 0 Å². The Morgan fingerprint density at radius 2 is 1.79 bits per heavy atom. The Hall–Kier alpha value is -3.31. The molecule has 1 aliphatic rings. The van der Waals surface area contributed by atoms with Gasteiger partial charge >= 0.3 is 0 Å². The van der Waals surface area contributed by atoms with Gasteiger partial charge in [0.2, 0.25) is 10.0 Å². The van der Waals surface area contributed by atoms with Crippen molar-refractivity contribution >= 4 is 38.6 Å². The number of aromatic amines is 1. The predicted molar refractivity (Wildman–Crippen MR) is 123 cm³/mol. The lowest BCUT2D eigenvalue weighted by Crippen LogP contribution is -2.47. The van der Waals surface area contributed by atoms with Crippen molar-refractivity contribution < 1.29 is 23.2 Å². The Morgan fingerprint density at radius 3 is 2.64 bits per heavy atom. The van der Waals surface area contributed by atoms with Crippen LogP contribution in [0.2, 0.25) is 0 Å². The third-order valence-corrected chi connectivity index (χ3v) is 7.90. The number of rotatable bonds is 6. The van der Waals surface area contributed by atoms with Crippen molar-refractivity contribution in [1.82, 2.24) is 15.2 Å². The van der Waals surface area contributed by atoms with Crippen LogP contribution in [0.5, 0.6) is 11.5 Å². The van der Waals surface area contributed by atoms with Crippen LogP contribution in [0.4, 0.5) is 0 Å². The number of hydrogen-bond donors (Lipinski definition) is 4. The summed E-state index contributed by atoms with van der Waals surface area (Å²) in [7, 11) is -4.08. The number of carbonyl (C=O) groups excluding carboxylic acids is 1. The van der Waals surface area contributed by atoms with Gasteiger partial charge < -0.3 is 9.72 Å². The van der Waals surface area contributed by atoms with Crippen LogP contribution in [-0.2, 0) is 21.2 Å². The first-order valence-corrected chi connectivity index (χ1v) is 12.3. The molecule has 1 aromatic heterocycles. The molecular weight excluding hydrogens is 462 g/mol. The number of carbonyl (C=O) groups is 1. The number of fused-ring (bicyclic) bond motifs is 3. The average molecular weight is 482 g/mol. The molecule has 4 N–H and O–H groups in total. The average Bonchev–Trinajstić information content (AvgIpc) is 3.24. The second-order valence-electron chi connectivity index (χ2n) is 7.47. The molecule has 2 heterocycles. The number of sulfonamides is 1. The first-order valence-electron chi connectivity index (χ1n) is 10.0. The van der Waals surface area contributed by atoms with Gasteiger partial charge in [-0.15, -0.1) is 0 Å². The topological polar surface area (TPSA) is 121 Å². The Morgan fingerprint density at radius 1 is 1.03 bits per heavy atom. The molecule has 0 spiro atoms. The Balaban J connectivity index is 1.42. The minimum atomic E-state index is -4.08. The summed E-state index contributed by atoms with van der Waals surface area (Å²) in [6.45, 7) is 0. The van der Waals surface area contributed by atoms with E-state index in [9.17, 15) is 18.4 Å². The zero-order chi connectivity index (χ0) is 23.0. The molecule has 0 saturated carbocycles. The van der Waals surface area contributed by atoms with E-state index in [0.717, 1.165) is 21.4 Å². The molecule has 0 fully saturated rings. The Bertz CT molecular complexity index is 1470. The summed E-state index contributed by atoms with van der Waals surface area (Å²) in [5.74, 6) is 0.414. The van der Waals surface area contributed by atoms with Crippen LogP contribution in [0.25, 0.3) is 10.9 Å². The molecule has 0 radical (unpaired) electrons. The van der Waals surface area contributed by atoms with Crippen molar-refractivity contribution in [3.8, 4) is 11.5 Å². The molecule has 0 saturated heterocycles. The first-order chi connectivity index (χ1) is 15.9. The van der Waals surface area contributed by atoms with Gasteiger partial charge in [-0.1, -0.05) is 42.1 Å². The second kappa shape index (κ2) is 8.56. The highest BCUT2D eigenvalue weighted by atomic mass is 32.2. The number of hydrogen-bond acceptors (Lipinski definition) is 6. The normalized spacial score (nSPS) is 13.6. The third-order valence-electron chi connectivity index (χ3n) is 5.34. The number of amides is 1. The third kappa shape index (κ3) is 4.21. The van der Waals surface area contributed by atoms with E-state index in [0.29, 0.717) is 16.4 Å². The van der Waals surface area contributed by atoms with E-state index in [1.807, 2.05) is 48.5 Å². The zero-order valence-electron chi connectivity index (χ0n) is 17.1. The standard InChI is InChI=1S/C23H19N3O5S2/c27-23(25-28)18(11-14-13-24-17-6-2-1-5-16(14)17)26-33(29,30)15-9-10-20-22(12-15)32-21-8-4-3-7-19(21)31-20/h1-10,12-13,18,24,26,28H,11H2,(H,25,27)/t18-/m0/s1. The first kappa shape index (κ1) is 21.5. The van der Waals surface area contributed by atoms with E-state index in [-0.39, 0.29) is 11.3 Å². The molecule has 0 unspecified atom stereocenters. The van der Waals surface area contributed by atoms with Gasteiger partial charge in [-0.05, 0) is 48.4 Å². The maximum absolute atomic E-state index is 13.2. The number of hydroxylamine groups is 1. The largest absolute Gasteiger partial charge is 0.455 e. The lowest BCUT2D eigenvalue weighted by Gasteiger charge is -2.21. The van der Waals surface area contributed by atoms with Gasteiger partial charge in [0, 0.05) is 17.1 Å². The molecular formula is C23H19N3O5S2. The predicted octanol–water partition coefficient (Wildman–Crippen LogP) is 3.82. The summed E-state index contributed by atoms with van der Waals surface area (Å²) in [6, 6.07) is 18.3. The molecule has 8 nitrogen and oxygen atoms in total. The lowest BCUT2D eigenvalue weighted by atomic mass is 10.1. The summed E-state index contributed by atoms with van der Waals surface area (Å²) in [6.07, 6.45) is 1.77. The van der Waals surface area contributed by atoms with Crippen LogP contribution in [0, 0.1) is 0 Å². The summed E-state index contributed by atoms with van der Waals surface area (Å²) in [4.78, 5) is 17.0. The van der Waals surface area contributed by atoms with Gasteiger partial charge in [0.1, 0.15) is 17.5 Å². The molecule has 5 rings (SSSR count). The van der Waals surface area contributed by atoms with E-state index in [2.05, 4.69) is 9.71 Å². The number of H-pyrrole nitrogens is 1. The maximum Gasteiger partial charge on any atom is 0.261 e. The molecule has 3 aromatic carbocycles. The maximum atomic E-state index is 13.2. The van der Waals surface area contributed by atoms with Crippen molar-refractivity contribution in [3.05, 3.63) is 78.5 Å². The summed E-state index contributed by atoms with van der Waals surface area (Å²) < 4.78 is 34.6. The monoisotopic (exact) mass is 481 g/mol. The van der Waals surface area contributed by atoms with Crippen LogP contribution in [-0.4, -0.2) is 30.6 Å². The fraction of sp³-hybridized carbons (Fsp3) is 0.0870. The van der Waals surface area contributed by atoms with Gasteiger partial charge in [-0.3, -0.25) is 10.0 Å². The lowest BCUT2D eigenvalue weighted by molar-refractivity contribution is -0.130. The number of ether oxygens (including phenoxy) is 1. The number of para-hydroxylation sites is 2. The van der Waals surface area contributed by atoms with Crippen LogP contribution < -0.4 is 14.9 Å². The van der Waals surface area contributed by atoms with Gasteiger partial charge in [-0.25, -0.2) is 13.9 Å². The van der Waals surface area contributed by atoms with E-state index in [1.165, 1.54) is 23.9 Å². The van der Waals surface area contributed by atoms with Crippen molar-refractivity contribution in [2.45, 2.75) is 27.1 Å². The summed E-state index contributed by atoms with van der Waals surface area (Å²) >= 11 is 1.41. The molecule has 10 heteroatoms. The van der Waals surface area contributed by atoms with Crippen molar-refractivity contribution in [2.75, 3.05) is 0 Å². The molecule has 0 aliphatic carbocycles.